The molecule has 1 saturated heterocycles. The van der Waals surface area contributed by atoms with Crippen LogP contribution in [0.2, 0.25) is 0 Å². The van der Waals surface area contributed by atoms with E-state index in [1.807, 2.05) is 0 Å². The third-order valence-corrected chi connectivity index (χ3v) is 6.50. The predicted molar refractivity (Wildman–Crippen MR) is 133 cm³/mol. The number of fused-ring (bicyclic) bond motifs is 3. The monoisotopic (exact) mass is 468 g/mol. The molecular weight excluding hydrogens is 432 g/mol. The smallest absolute Gasteiger partial charge is 0.0985 e. The second-order valence-corrected chi connectivity index (χ2v) is 8.42. The van der Waals surface area contributed by atoms with Gasteiger partial charge in [-0.05, 0) is 61.3 Å². The molecule has 0 spiro atoms. The summed E-state index contributed by atoms with van der Waals surface area (Å²) in [6.07, 6.45) is 2.53. The molecule has 0 amide bonds. The van der Waals surface area contributed by atoms with Crippen LogP contribution >= 0.6 is 52.2 Å². The quantitative estimate of drug-likeness (QED) is 0.484. The van der Waals surface area contributed by atoms with Gasteiger partial charge in [0.05, 0.1) is 18.7 Å². The van der Waals surface area contributed by atoms with Crippen LogP contribution in [0.5, 0.6) is 0 Å². The molecule has 0 aromatic heterocycles. The molecule has 1 fully saturated rings. The van der Waals surface area contributed by atoms with E-state index in [1.54, 1.807) is 0 Å². The maximum atomic E-state index is 12.0. The summed E-state index contributed by atoms with van der Waals surface area (Å²) in [6, 6.07) is 5.03. The van der Waals surface area contributed by atoms with E-state index in [0.29, 0.717) is 24.3 Å². The van der Waals surface area contributed by atoms with E-state index >= 15 is 0 Å². The molecule has 8 heteroatoms. The highest BCUT2D eigenvalue weighted by Crippen LogP contribution is 2.40. The van der Waals surface area contributed by atoms with Crippen molar-refractivity contribution in [1.29, 1.82) is 0 Å². The van der Waals surface area contributed by atoms with Crippen LogP contribution in [0.3, 0.4) is 0 Å². The summed E-state index contributed by atoms with van der Waals surface area (Å²) >= 11 is 1.48. The molecule has 3 rings (SSSR count). The number of aryl methyl sites for hydroxylation is 2. The maximum absolute atomic E-state index is 12.0. The number of aliphatic hydroxyl groups excluding tert-OH is 1. The Morgan fingerprint density at radius 2 is 1.93 bits per heavy atom. The molecule has 3 nitrogen and oxygen atoms in total. The Morgan fingerprint density at radius 3 is 2.64 bits per heavy atom. The minimum atomic E-state index is -0.299. The third kappa shape index (κ3) is 7.00. The van der Waals surface area contributed by atoms with Crippen LogP contribution in [-0.4, -0.2) is 54.2 Å². The van der Waals surface area contributed by atoms with E-state index in [0.717, 1.165) is 32.4 Å². The molecule has 28 heavy (non-hydrogen) atoms. The van der Waals surface area contributed by atoms with Crippen molar-refractivity contribution in [3.63, 3.8) is 0 Å². The number of aliphatic hydroxyl groups is 1. The van der Waals surface area contributed by atoms with Crippen molar-refractivity contribution in [2.24, 2.45) is 5.92 Å². The van der Waals surface area contributed by atoms with Gasteiger partial charge >= 0.3 is 0 Å². The van der Waals surface area contributed by atoms with Crippen LogP contribution in [0.4, 0.5) is 4.39 Å². The average molecular weight is 469 g/mol. The Kier molecular flexibility index (Phi) is 13.9. The van der Waals surface area contributed by atoms with Crippen LogP contribution in [0.15, 0.2) is 12.1 Å². The van der Waals surface area contributed by atoms with Crippen molar-refractivity contribution in [2.75, 3.05) is 38.1 Å². The number of piperidine rings is 1. The Bertz CT molecular complexity index is 594. The van der Waals surface area contributed by atoms with Gasteiger partial charge in [-0.2, -0.15) is 40.5 Å². The lowest BCUT2D eigenvalue weighted by atomic mass is 9.80. The SMILES string of the molecule is Cc1cc2c(cc1C)[C@@H]1C[C@H](O)[C@@H](CCOCSCC[18F])CN1CC2.S.S.S. The largest absolute Gasteiger partial charge is 0.393 e. The summed E-state index contributed by atoms with van der Waals surface area (Å²) in [5.74, 6) is 1.32. The topological polar surface area (TPSA) is 32.7 Å². The first-order chi connectivity index (χ1) is 12.1. The lowest BCUT2D eigenvalue weighted by molar-refractivity contribution is -0.0229. The van der Waals surface area contributed by atoms with Crippen molar-refractivity contribution in [1.82, 2.24) is 4.90 Å². The van der Waals surface area contributed by atoms with Gasteiger partial charge in [0, 0.05) is 31.5 Å². The van der Waals surface area contributed by atoms with E-state index in [4.69, 9.17) is 4.74 Å². The summed E-state index contributed by atoms with van der Waals surface area (Å²) in [6.45, 7) is 6.73. The highest BCUT2D eigenvalue weighted by Gasteiger charge is 2.37. The van der Waals surface area contributed by atoms with Gasteiger partial charge in [-0.1, -0.05) is 12.1 Å². The molecule has 3 atom stereocenters. The van der Waals surface area contributed by atoms with E-state index in [9.17, 15) is 9.50 Å². The van der Waals surface area contributed by atoms with E-state index in [1.165, 1.54) is 34.0 Å². The Balaban J connectivity index is 0.00000243. The van der Waals surface area contributed by atoms with Gasteiger partial charge in [0.25, 0.3) is 0 Å². The molecule has 1 aromatic carbocycles. The number of hydrogen-bond acceptors (Lipinski definition) is 4. The third-order valence-electron chi connectivity index (χ3n) is 5.72. The molecule has 1 N–H and O–H groups in total. The van der Waals surface area contributed by atoms with Gasteiger partial charge in [-0.3, -0.25) is 9.29 Å². The van der Waals surface area contributed by atoms with Crippen molar-refractivity contribution in [3.8, 4) is 0 Å². The fraction of sp³-hybridized carbons (Fsp3) is 0.700. The summed E-state index contributed by atoms with van der Waals surface area (Å²) in [4.78, 5) is 2.55. The number of rotatable bonds is 7. The summed E-state index contributed by atoms with van der Waals surface area (Å²) < 4.78 is 17.6. The number of benzene rings is 1. The summed E-state index contributed by atoms with van der Waals surface area (Å²) in [7, 11) is 0. The van der Waals surface area contributed by atoms with Crippen LogP contribution in [0, 0.1) is 19.8 Å². The first kappa shape index (κ1) is 28.4. The zero-order valence-corrected chi connectivity index (χ0v) is 20.7. The van der Waals surface area contributed by atoms with Gasteiger partial charge in [-0.15, -0.1) is 11.8 Å². The van der Waals surface area contributed by atoms with Gasteiger partial charge in [-0.25, -0.2) is 0 Å². The molecule has 2 aliphatic rings. The van der Waals surface area contributed by atoms with Gasteiger partial charge in [0.2, 0.25) is 0 Å². The molecule has 1 aromatic rings. The zero-order valence-electron chi connectivity index (χ0n) is 16.8. The highest BCUT2D eigenvalue weighted by molar-refractivity contribution is 7.99. The molecule has 2 heterocycles. The molecule has 0 saturated carbocycles. The minimum absolute atomic E-state index is 0. The van der Waals surface area contributed by atoms with Gasteiger partial charge < -0.3 is 9.84 Å². The fourth-order valence-electron chi connectivity index (χ4n) is 4.13. The number of nitrogens with zero attached hydrogens (tertiary/aromatic N) is 1. The Morgan fingerprint density at radius 1 is 1.21 bits per heavy atom. The highest BCUT2D eigenvalue weighted by atomic mass is 32.2. The van der Waals surface area contributed by atoms with Crippen LogP contribution in [-0.2, 0) is 11.2 Å². The molecule has 0 unspecified atom stereocenters. The van der Waals surface area contributed by atoms with E-state index < -0.39 is 0 Å². The van der Waals surface area contributed by atoms with Gasteiger partial charge in [0.15, 0.2) is 0 Å². The van der Waals surface area contributed by atoms with Crippen molar-refractivity contribution in [3.05, 3.63) is 34.4 Å². The standard InChI is InChI=1S/C20H30FNO2S.3H2S/c1-14-9-16-3-6-22-12-17(4-7-24-13-25-8-5-21)20(23)11-19(22)18(16)10-15(14)2;;;/h9-10,17,19-20,23H,3-8,11-13H2,1-2H3;3*1H2/t17-,19-,20-;;;/m0.../s1/i21-1;;;. The summed E-state index contributed by atoms with van der Waals surface area (Å²) in [5.41, 5.74) is 5.59. The lowest BCUT2D eigenvalue weighted by Gasteiger charge is -2.46. The zero-order chi connectivity index (χ0) is 17.8. The summed E-state index contributed by atoms with van der Waals surface area (Å²) in [5, 5.41) is 10.7. The predicted octanol–water partition coefficient (Wildman–Crippen LogP) is 3.99. The van der Waals surface area contributed by atoms with E-state index in [2.05, 4.69) is 30.9 Å². The molecule has 0 radical (unpaired) electrons. The van der Waals surface area contributed by atoms with Crippen molar-refractivity contribution in [2.45, 2.75) is 45.3 Å². The van der Waals surface area contributed by atoms with Crippen LogP contribution < -0.4 is 0 Å². The first-order valence-corrected chi connectivity index (χ1v) is 10.5. The normalized spacial score (nSPS) is 23.5. The van der Waals surface area contributed by atoms with E-state index in [-0.39, 0.29) is 59.2 Å². The van der Waals surface area contributed by atoms with Crippen molar-refractivity contribution < 1.29 is 14.2 Å². The van der Waals surface area contributed by atoms with Crippen LogP contribution in [0.25, 0.3) is 0 Å². The molecule has 0 bridgehead atoms. The minimum Gasteiger partial charge on any atom is -0.393 e. The average Bonchev–Trinajstić information content (AvgIpc) is 2.60. The molecule has 0 aliphatic carbocycles. The molecule has 2 aliphatic heterocycles. The lowest BCUT2D eigenvalue weighted by Crippen LogP contribution is -2.48. The molecular formula is C20H36FNO2S4. The maximum Gasteiger partial charge on any atom is 0.0985 e. The molecule has 164 valence electrons. The second-order valence-electron chi connectivity index (χ2n) is 7.37. The fourth-order valence-corrected chi connectivity index (χ4v) is 4.59. The Hall–Kier alpha value is 0.430. The second kappa shape index (κ2) is 13.7. The number of halogens is 1. The van der Waals surface area contributed by atoms with Gasteiger partial charge in [0.1, 0.15) is 0 Å². The number of ether oxygens (including phenoxy) is 1. The van der Waals surface area contributed by atoms with Crippen molar-refractivity contribution >= 4 is 52.2 Å². The Labute approximate surface area is 194 Å². The van der Waals surface area contributed by atoms with Crippen LogP contribution in [0.1, 0.15) is 41.1 Å². The first-order valence-electron chi connectivity index (χ1n) is 9.33. The number of hydrogen-bond donors (Lipinski definition) is 1. The number of alkyl halides is 1. The number of thioether (sulfide) groups is 1.